The van der Waals surface area contributed by atoms with Crippen LogP contribution in [-0.4, -0.2) is 70.8 Å². The summed E-state index contributed by atoms with van der Waals surface area (Å²) >= 11 is 0. The van der Waals surface area contributed by atoms with Gasteiger partial charge in [0.05, 0.1) is 13.2 Å². The van der Waals surface area contributed by atoms with E-state index >= 15 is 0 Å². The van der Waals surface area contributed by atoms with E-state index in [1.165, 1.54) is 14.1 Å². The quantitative estimate of drug-likeness (QED) is 0.391. The topological polar surface area (TPSA) is 150 Å². The smallest absolute Gasteiger partial charge is 0.327 e. The lowest BCUT2D eigenvalue weighted by atomic mass is 10.0. The molecule has 0 aromatic heterocycles. The number of hydrogen-bond donors (Lipinski definition) is 4. The highest BCUT2D eigenvalue weighted by molar-refractivity contribution is 6.06. The van der Waals surface area contributed by atoms with E-state index in [4.69, 9.17) is 15.0 Å². The minimum Gasteiger partial charge on any atom is -0.393 e. The Kier molecular flexibility index (Phi) is 4.86. The van der Waals surface area contributed by atoms with Gasteiger partial charge < -0.3 is 26.6 Å². The molecule has 1 aliphatic rings. The second kappa shape index (κ2) is 5.46. The largest absolute Gasteiger partial charge is 0.393 e. The molecular weight excluding hydrogens is 232 g/mol. The summed E-state index contributed by atoms with van der Waals surface area (Å²) in [5.41, 5.74) is 7.02. The molecule has 0 bridgehead atoms. The number of imide groups is 1. The number of aliphatic hydroxyl groups excluding tert-OH is 2. The minimum absolute atomic E-state index is 0.520. The lowest BCUT2D eigenvalue weighted by Gasteiger charge is -2.27. The number of nitrogens with zero attached hydrogens (tertiary/aromatic N) is 2. The van der Waals surface area contributed by atoms with Crippen molar-refractivity contribution >= 4 is 18.0 Å². The predicted octanol–water partition coefficient (Wildman–Crippen LogP) is -2.74. The molecular formula is C8H16N4O5. The molecule has 0 atom stereocenters. The number of carbonyl (C=O) groups excluding carboxylic acids is 3. The fourth-order valence-corrected chi connectivity index (χ4v) is 1.35. The van der Waals surface area contributed by atoms with Crippen molar-refractivity contribution in [2.75, 3.05) is 27.3 Å². The molecule has 1 heterocycles. The zero-order valence-electron chi connectivity index (χ0n) is 9.58. The van der Waals surface area contributed by atoms with Gasteiger partial charge in [-0.3, -0.25) is 9.69 Å². The van der Waals surface area contributed by atoms with Crippen molar-refractivity contribution in [3.8, 4) is 0 Å². The summed E-state index contributed by atoms with van der Waals surface area (Å²) < 4.78 is 0. The Balaban J connectivity index is 0.000000557. The predicted molar refractivity (Wildman–Crippen MR) is 56.6 cm³/mol. The molecule has 0 saturated carbocycles. The van der Waals surface area contributed by atoms with Gasteiger partial charge in [0, 0.05) is 14.1 Å². The third-order valence-electron chi connectivity index (χ3n) is 2.44. The van der Waals surface area contributed by atoms with Gasteiger partial charge in [-0.15, -0.1) is 0 Å². The Morgan fingerprint density at radius 2 is 1.59 bits per heavy atom. The molecule has 1 fully saturated rings. The van der Waals surface area contributed by atoms with Gasteiger partial charge >= 0.3 is 12.1 Å². The summed E-state index contributed by atoms with van der Waals surface area (Å²) in [4.78, 5) is 33.6. The number of likely N-dealkylation sites (N-methyl/N-ethyl adjacent to an activating group) is 2. The molecule has 9 heteroatoms. The van der Waals surface area contributed by atoms with Crippen LogP contribution in [-0.2, 0) is 4.79 Å². The Hall–Kier alpha value is -1.87. The molecule has 6 N–H and O–H groups in total. The van der Waals surface area contributed by atoms with Gasteiger partial charge in [-0.05, 0) is 0 Å². The van der Waals surface area contributed by atoms with E-state index in [1.54, 1.807) is 0 Å². The molecule has 0 unspecified atom stereocenters. The second-order valence-corrected chi connectivity index (χ2v) is 3.46. The molecule has 0 radical (unpaired) electrons. The first kappa shape index (κ1) is 15.1. The maximum absolute atomic E-state index is 11.5. The average Bonchev–Trinajstić information content (AvgIpc) is 2.42. The van der Waals surface area contributed by atoms with Crippen molar-refractivity contribution < 1.29 is 24.6 Å². The van der Waals surface area contributed by atoms with Crippen molar-refractivity contribution in [2.24, 2.45) is 11.5 Å². The van der Waals surface area contributed by atoms with E-state index in [2.05, 4.69) is 11.5 Å². The van der Waals surface area contributed by atoms with Crippen molar-refractivity contribution in [1.82, 2.24) is 9.80 Å². The van der Waals surface area contributed by atoms with E-state index in [-0.39, 0.29) is 0 Å². The molecule has 9 nitrogen and oxygen atoms in total. The molecule has 0 aromatic carbocycles. The van der Waals surface area contributed by atoms with Gasteiger partial charge in [0.15, 0.2) is 5.54 Å². The highest BCUT2D eigenvalue weighted by atomic mass is 16.3. The number of nitrogens with two attached hydrogens (primary N) is 2. The summed E-state index contributed by atoms with van der Waals surface area (Å²) in [7, 11) is 2.68. The number of hydrogen-bond acceptors (Lipinski definition) is 5. The molecule has 5 amide bonds. The van der Waals surface area contributed by atoms with Gasteiger partial charge in [0.2, 0.25) is 0 Å². The van der Waals surface area contributed by atoms with Crippen molar-refractivity contribution in [2.45, 2.75) is 5.54 Å². The van der Waals surface area contributed by atoms with Crippen molar-refractivity contribution in [1.29, 1.82) is 0 Å². The Morgan fingerprint density at radius 1 is 1.24 bits per heavy atom. The normalized spacial score (nSPS) is 17.9. The molecule has 98 valence electrons. The van der Waals surface area contributed by atoms with Crippen LogP contribution in [0.15, 0.2) is 0 Å². The summed E-state index contributed by atoms with van der Waals surface area (Å²) in [6.45, 7) is -1.15. The first-order valence-electron chi connectivity index (χ1n) is 4.57. The first-order valence-corrected chi connectivity index (χ1v) is 4.57. The van der Waals surface area contributed by atoms with Crippen LogP contribution in [0.3, 0.4) is 0 Å². The highest BCUT2D eigenvalue weighted by Crippen LogP contribution is 2.24. The summed E-state index contributed by atoms with van der Waals surface area (Å²) in [6.07, 6.45) is 0. The van der Waals surface area contributed by atoms with Crippen molar-refractivity contribution in [3.05, 3.63) is 0 Å². The Morgan fingerprint density at radius 3 is 1.71 bits per heavy atom. The number of urea groups is 2. The van der Waals surface area contributed by atoms with Crippen molar-refractivity contribution in [3.63, 3.8) is 0 Å². The van der Waals surface area contributed by atoms with E-state index in [0.29, 0.717) is 0 Å². The van der Waals surface area contributed by atoms with Crippen LogP contribution < -0.4 is 11.5 Å². The highest BCUT2D eigenvalue weighted by Gasteiger charge is 2.53. The molecule has 0 spiro atoms. The number of rotatable bonds is 2. The Bertz CT molecular complexity index is 324. The SMILES string of the molecule is CN1C(=O)N(C)C(CO)(CO)C1=O.NC(N)=O. The molecule has 1 rings (SSSR count). The number of primary amides is 2. The van der Waals surface area contributed by atoms with Crippen LogP contribution >= 0.6 is 0 Å². The van der Waals surface area contributed by atoms with Crippen LogP contribution in [0, 0.1) is 0 Å². The summed E-state index contributed by atoms with van der Waals surface area (Å²) in [5.74, 6) is -0.579. The van der Waals surface area contributed by atoms with Gasteiger partial charge in [-0.1, -0.05) is 0 Å². The molecule has 1 saturated heterocycles. The number of amides is 5. The molecule has 1 aliphatic heterocycles. The first-order chi connectivity index (χ1) is 7.74. The average molecular weight is 248 g/mol. The van der Waals surface area contributed by atoms with E-state index < -0.39 is 36.7 Å². The maximum atomic E-state index is 11.5. The lowest BCUT2D eigenvalue weighted by molar-refractivity contribution is -0.136. The second-order valence-electron chi connectivity index (χ2n) is 3.46. The Labute approximate surface area is 97.6 Å². The lowest BCUT2D eigenvalue weighted by Crippen LogP contribution is -2.54. The van der Waals surface area contributed by atoms with Crippen LogP contribution in [0.25, 0.3) is 0 Å². The van der Waals surface area contributed by atoms with Gasteiger partial charge in [0.25, 0.3) is 5.91 Å². The number of aliphatic hydroxyl groups is 2. The minimum atomic E-state index is -1.48. The van der Waals surface area contributed by atoms with E-state index in [9.17, 15) is 9.59 Å². The van der Waals surface area contributed by atoms with E-state index in [1.807, 2.05) is 0 Å². The molecule has 0 aliphatic carbocycles. The molecule has 17 heavy (non-hydrogen) atoms. The zero-order valence-corrected chi connectivity index (χ0v) is 9.58. The van der Waals surface area contributed by atoms with Gasteiger partial charge in [-0.2, -0.15) is 0 Å². The maximum Gasteiger partial charge on any atom is 0.327 e. The van der Waals surface area contributed by atoms with Crippen LogP contribution in [0.2, 0.25) is 0 Å². The molecule has 0 aromatic rings. The fraction of sp³-hybridized carbons (Fsp3) is 0.625. The van der Waals surface area contributed by atoms with E-state index in [0.717, 1.165) is 9.80 Å². The fourth-order valence-electron chi connectivity index (χ4n) is 1.35. The van der Waals surface area contributed by atoms with Gasteiger partial charge in [0.1, 0.15) is 0 Å². The number of carbonyl (C=O) groups is 3. The third-order valence-corrected chi connectivity index (χ3v) is 2.44. The standard InChI is InChI=1S/C7H12N2O4.CH4N2O/c1-8-5(12)7(3-10,4-11)9(2)6(8)13;2-1(3)4/h10-11H,3-4H2,1-2H3;(H4,2,3,4). The summed E-state index contributed by atoms with van der Waals surface area (Å²) in [5, 5.41) is 18.0. The monoisotopic (exact) mass is 248 g/mol. The third kappa shape index (κ3) is 2.63. The van der Waals surface area contributed by atoms with Crippen LogP contribution in [0.1, 0.15) is 0 Å². The zero-order chi connectivity index (χ0) is 13.8. The van der Waals surface area contributed by atoms with Gasteiger partial charge in [-0.25, -0.2) is 9.59 Å². The van der Waals surface area contributed by atoms with Crippen LogP contribution in [0.5, 0.6) is 0 Å². The summed E-state index contributed by atoms with van der Waals surface area (Å²) in [6, 6.07) is -1.35. The van der Waals surface area contributed by atoms with Crippen LogP contribution in [0.4, 0.5) is 9.59 Å².